The van der Waals surface area contributed by atoms with Gasteiger partial charge in [0.25, 0.3) is 5.91 Å². The first-order valence-corrected chi connectivity index (χ1v) is 6.81. The van der Waals surface area contributed by atoms with Gasteiger partial charge in [-0.15, -0.1) is 10.2 Å². The Hall–Kier alpha value is -1.72. The minimum atomic E-state index is -0.193. The molecule has 7 heteroatoms. The van der Waals surface area contributed by atoms with Crippen molar-refractivity contribution in [2.75, 3.05) is 6.54 Å². The molecule has 0 atom stereocenters. The van der Waals surface area contributed by atoms with Gasteiger partial charge in [-0.05, 0) is 17.7 Å². The smallest absolute Gasteiger partial charge is 0.257 e. The van der Waals surface area contributed by atoms with E-state index in [2.05, 4.69) is 15.2 Å². The minimum absolute atomic E-state index is 0.0661. The van der Waals surface area contributed by atoms with Gasteiger partial charge in [-0.2, -0.15) is 0 Å². The van der Waals surface area contributed by atoms with Gasteiger partial charge >= 0.3 is 0 Å². The standard InChI is InChI=1S/C13H10Cl2N4O/c14-11-6-9(12(15)18-17-11)13(20)19-5-3-10-8(7-19)2-1-4-16-10/h1-2,4,6H,3,5,7H2. The quantitative estimate of drug-likeness (QED) is 0.811. The summed E-state index contributed by atoms with van der Waals surface area (Å²) in [6.45, 7) is 1.11. The van der Waals surface area contributed by atoms with Crippen molar-refractivity contribution in [2.24, 2.45) is 0 Å². The lowest BCUT2D eigenvalue weighted by Crippen LogP contribution is -2.36. The second-order valence-corrected chi connectivity index (χ2v) is 5.20. The van der Waals surface area contributed by atoms with Crippen LogP contribution in [-0.2, 0) is 13.0 Å². The Bertz CT molecular complexity index is 677. The zero-order valence-electron chi connectivity index (χ0n) is 10.4. The van der Waals surface area contributed by atoms with Crippen molar-refractivity contribution in [3.63, 3.8) is 0 Å². The summed E-state index contributed by atoms with van der Waals surface area (Å²) in [4.78, 5) is 18.5. The summed E-state index contributed by atoms with van der Waals surface area (Å²) >= 11 is 11.7. The Morgan fingerprint density at radius 3 is 3.00 bits per heavy atom. The lowest BCUT2D eigenvalue weighted by atomic mass is 10.1. The third-order valence-electron chi connectivity index (χ3n) is 3.20. The summed E-state index contributed by atoms with van der Waals surface area (Å²) in [7, 11) is 0. The van der Waals surface area contributed by atoms with Crippen LogP contribution in [0.25, 0.3) is 0 Å². The topological polar surface area (TPSA) is 59.0 Å². The van der Waals surface area contributed by atoms with E-state index in [1.165, 1.54) is 6.07 Å². The van der Waals surface area contributed by atoms with Crippen LogP contribution in [-0.4, -0.2) is 32.5 Å². The predicted molar refractivity (Wildman–Crippen MR) is 74.7 cm³/mol. The number of hydrogen-bond donors (Lipinski definition) is 0. The Balaban J connectivity index is 1.88. The molecular formula is C13H10Cl2N4O. The van der Waals surface area contributed by atoms with Gasteiger partial charge in [0.2, 0.25) is 0 Å². The van der Waals surface area contributed by atoms with E-state index in [9.17, 15) is 4.79 Å². The average Bonchev–Trinajstić information content (AvgIpc) is 2.48. The van der Waals surface area contributed by atoms with Crippen molar-refractivity contribution in [2.45, 2.75) is 13.0 Å². The van der Waals surface area contributed by atoms with Crippen LogP contribution in [0.1, 0.15) is 21.6 Å². The molecular weight excluding hydrogens is 299 g/mol. The Morgan fingerprint density at radius 1 is 1.30 bits per heavy atom. The highest BCUT2D eigenvalue weighted by molar-refractivity contribution is 6.34. The molecule has 0 bridgehead atoms. The SMILES string of the molecule is O=C(c1cc(Cl)nnc1Cl)N1CCc2ncccc2C1. The van der Waals surface area contributed by atoms with E-state index in [1.54, 1.807) is 11.1 Å². The molecule has 0 aromatic carbocycles. The fraction of sp³-hybridized carbons (Fsp3) is 0.231. The number of amides is 1. The van der Waals surface area contributed by atoms with Gasteiger partial charge in [0.05, 0.1) is 5.56 Å². The molecule has 0 fully saturated rings. The van der Waals surface area contributed by atoms with E-state index in [4.69, 9.17) is 23.2 Å². The number of carbonyl (C=O) groups is 1. The Kier molecular flexibility index (Phi) is 3.54. The number of pyridine rings is 1. The van der Waals surface area contributed by atoms with Gasteiger partial charge in [0, 0.05) is 31.4 Å². The van der Waals surface area contributed by atoms with E-state index in [-0.39, 0.29) is 21.8 Å². The largest absolute Gasteiger partial charge is 0.334 e. The van der Waals surface area contributed by atoms with Crippen LogP contribution < -0.4 is 0 Å². The highest BCUT2D eigenvalue weighted by Gasteiger charge is 2.24. The maximum Gasteiger partial charge on any atom is 0.257 e. The van der Waals surface area contributed by atoms with Gasteiger partial charge in [0.1, 0.15) is 0 Å². The average molecular weight is 309 g/mol. The molecule has 0 saturated heterocycles. The van der Waals surface area contributed by atoms with Crippen molar-refractivity contribution >= 4 is 29.1 Å². The van der Waals surface area contributed by atoms with E-state index in [1.807, 2.05) is 12.1 Å². The molecule has 1 aliphatic rings. The summed E-state index contributed by atoms with van der Waals surface area (Å²) in [5, 5.41) is 7.48. The van der Waals surface area contributed by atoms with Crippen molar-refractivity contribution < 1.29 is 4.79 Å². The lowest BCUT2D eigenvalue weighted by Gasteiger charge is -2.28. The highest BCUT2D eigenvalue weighted by atomic mass is 35.5. The lowest BCUT2D eigenvalue weighted by molar-refractivity contribution is 0.0733. The first kappa shape index (κ1) is 13.3. The molecule has 2 aromatic heterocycles. The molecule has 2 aromatic rings. The van der Waals surface area contributed by atoms with E-state index in [0.29, 0.717) is 13.1 Å². The normalized spacial score (nSPS) is 14.0. The molecule has 102 valence electrons. The van der Waals surface area contributed by atoms with E-state index < -0.39 is 0 Å². The summed E-state index contributed by atoms with van der Waals surface area (Å²) in [5.74, 6) is -0.193. The molecule has 0 unspecified atom stereocenters. The van der Waals surface area contributed by atoms with Crippen LogP contribution in [0.4, 0.5) is 0 Å². The van der Waals surface area contributed by atoms with Gasteiger partial charge in [-0.25, -0.2) is 0 Å². The van der Waals surface area contributed by atoms with Crippen LogP contribution in [0, 0.1) is 0 Å². The molecule has 20 heavy (non-hydrogen) atoms. The van der Waals surface area contributed by atoms with Crippen molar-refractivity contribution in [1.29, 1.82) is 0 Å². The maximum absolute atomic E-state index is 12.5. The van der Waals surface area contributed by atoms with Crippen LogP contribution >= 0.6 is 23.2 Å². The van der Waals surface area contributed by atoms with Crippen LogP contribution in [0.3, 0.4) is 0 Å². The van der Waals surface area contributed by atoms with Crippen molar-refractivity contribution in [3.05, 3.63) is 51.5 Å². The van der Waals surface area contributed by atoms with Crippen molar-refractivity contribution in [3.8, 4) is 0 Å². The first-order chi connectivity index (χ1) is 9.65. The van der Waals surface area contributed by atoms with Gasteiger partial charge < -0.3 is 4.90 Å². The first-order valence-electron chi connectivity index (χ1n) is 6.06. The number of nitrogens with zero attached hydrogens (tertiary/aromatic N) is 4. The number of fused-ring (bicyclic) bond motifs is 1. The zero-order valence-corrected chi connectivity index (χ0v) is 11.9. The molecule has 1 aliphatic heterocycles. The molecule has 1 amide bonds. The molecule has 0 saturated carbocycles. The number of aromatic nitrogens is 3. The van der Waals surface area contributed by atoms with Crippen molar-refractivity contribution in [1.82, 2.24) is 20.1 Å². The van der Waals surface area contributed by atoms with E-state index >= 15 is 0 Å². The van der Waals surface area contributed by atoms with E-state index in [0.717, 1.165) is 17.7 Å². The second-order valence-electron chi connectivity index (χ2n) is 4.46. The Labute approximate surface area is 125 Å². The molecule has 5 nitrogen and oxygen atoms in total. The van der Waals surface area contributed by atoms with Crippen LogP contribution in [0.2, 0.25) is 10.3 Å². The van der Waals surface area contributed by atoms with Gasteiger partial charge in [0.15, 0.2) is 10.3 Å². The summed E-state index contributed by atoms with van der Waals surface area (Å²) in [6.07, 6.45) is 2.49. The zero-order chi connectivity index (χ0) is 14.1. The molecule has 3 rings (SSSR count). The molecule has 0 N–H and O–H groups in total. The predicted octanol–water partition coefficient (Wildman–Crippen LogP) is 2.38. The fourth-order valence-corrected chi connectivity index (χ4v) is 2.53. The monoisotopic (exact) mass is 308 g/mol. The highest BCUT2D eigenvalue weighted by Crippen LogP contribution is 2.22. The van der Waals surface area contributed by atoms with Crippen LogP contribution in [0.15, 0.2) is 24.4 Å². The third-order valence-corrected chi connectivity index (χ3v) is 3.66. The third kappa shape index (κ3) is 2.46. The molecule has 0 spiro atoms. The number of carbonyl (C=O) groups excluding carboxylic acids is 1. The van der Waals surface area contributed by atoms with Gasteiger partial charge in [-0.1, -0.05) is 29.3 Å². The molecule has 3 heterocycles. The molecule has 0 radical (unpaired) electrons. The van der Waals surface area contributed by atoms with Gasteiger partial charge in [-0.3, -0.25) is 9.78 Å². The minimum Gasteiger partial charge on any atom is -0.334 e. The molecule has 0 aliphatic carbocycles. The number of rotatable bonds is 1. The number of halogens is 2. The number of hydrogen-bond acceptors (Lipinski definition) is 4. The summed E-state index contributed by atoms with van der Waals surface area (Å²) < 4.78 is 0. The fourth-order valence-electron chi connectivity index (χ4n) is 2.21. The van der Waals surface area contributed by atoms with Crippen LogP contribution in [0.5, 0.6) is 0 Å². The summed E-state index contributed by atoms with van der Waals surface area (Å²) in [6, 6.07) is 5.28. The second kappa shape index (κ2) is 5.34. The maximum atomic E-state index is 12.5. The Morgan fingerprint density at radius 2 is 2.15 bits per heavy atom. The summed E-state index contributed by atoms with van der Waals surface area (Å²) in [5.41, 5.74) is 2.36.